The number of benzene rings is 1. The van der Waals surface area contributed by atoms with Crippen molar-refractivity contribution in [2.45, 2.75) is 56.1 Å². The van der Waals surface area contributed by atoms with Crippen LogP contribution in [-0.4, -0.2) is 52.0 Å². The van der Waals surface area contributed by atoms with E-state index in [1.54, 1.807) is 17.4 Å². The molecule has 2 heterocycles. The lowest BCUT2D eigenvalue weighted by Crippen LogP contribution is -2.43. The Morgan fingerprint density at radius 2 is 2.12 bits per heavy atom. The molecule has 0 radical (unpaired) electrons. The fourth-order valence-electron chi connectivity index (χ4n) is 4.75. The third kappa shape index (κ3) is 4.58. The molecule has 3 aliphatic rings. The second kappa shape index (κ2) is 8.89. The van der Waals surface area contributed by atoms with E-state index in [-0.39, 0.29) is 29.9 Å². The van der Waals surface area contributed by atoms with E-state index in [4.69, 9.17) is 16.0 Å². The molecule has 1 saturated heterocycles. The molecule has 1 unspecified atom stereocenters. The average Bonchev–Trinajstić information content (AvgIpc) is 3.74. The fourth-order valence-corrected chi connectivity index (χ4v) is 4.75. The van der Waals surface area contributed by atoms with Gasteiger partial charge in [-0.1, -0.05) is 6.07 Å². The number of carbonyl (C=O) groups is 1. The van der Waals surface area contributed by atoms with Crippen LogP contribution in [-0.2, 0) is 0 Å². The molecule has 172 valence electrons. The molecular formula is C24H29N7O2. The number of nitrogens with zero attached hydrogens (tertiary/aromatic N) is 4. The maximum atomic E-state index is 13.5. The molecular weight excluding hydrogens is 418 g/mol. The van der Waals surface area contributed by atoms with Crippen LogP contribution in [0, 0.1) is 11.3 Å². The highest BCUT2D eigenvalue weighted by Crippen LogP contribution is 2.45. The van der Waals surface area contributed by atoms with E-state index in [1.807, 2.05) is 23.1 Å². The second-order valence-corrected chi connectivity index (χ2v) is 9.19. The maximum Gasteiger partial charge on any atom is 0.310 e. The van der Waals surface area contributed by atoms with Gasteiger partial charge in [-0.05, 0) is 55.7 Å². The van der Waals surface area contributed by atoms with Crippen molar-refractivity contribution in [1.29, 1.82) is 5.26 Å². The molecule has 1 aromatic heterocycles. The van der Waals surface area contributed by atoms with Crippen molar-refractivity contribution in [3.05, 3.63) is 53.8 Å². The number of rotatable bonds is 8. The number of hydrogen-bond acceptors (Lipinski definition) is 8. The van der Waals surface area contributed by atoms with Crippen molar-refractivity contribution in [2.24, 2.45) is 11.6 Å². The Morgan fingerprint density at radius 3 is 2.82 bits per heavy atom. The molecule has 5 N–H and O–H groups in total. The van der Waals surface area contributed by atoms with Crippen LogP contribution in [0.2, 0.25) is 0 Å². The van der Waals surface area contributed by atoms with Gasteiger partial charge in [-0.25, -0.2) is 10.8 Å². The minimum Gasteiger partial charge on any atom is -0.432 e. The first-order chi connectivity index (χ1) is 16.1. The zero-order valence-electron chi connectivity index (χ0n) is 18.5. The Balaban J connectivity index is 1.34. The quantitative estimate of drug-likeness (QED) is 0.413. The standard InChI is InChI=1S/C24H29N7O2/c25-7-8-30(27)14-17-10-19(12-28-17)31(18-4-5-18)24(32)23-29-13-22(33-23)21-9-15(11-26)1-6-20(21)16-2-3-16/h1,6-9,13,16-19,28H,2-5,10,12,14,25,27H2/b8-7-/t17-,19?/m0/s1. The zero-order chi connectivity index (χ0) is 22.9. The number of oxazole rings is 1. The number of nitrogens with two attached hydrogens (primary N) is 2. The van der Waals surface area contributed by atoms with Gasteiger partial charge in [0.05, 0.1) is 17.8 Å². The van der Waals surface area contributed by atoms with E-state index in [0.717, 1.165) is 43.2 Å². The maximum absolute atomic E-state index is 13.5. The summed E-state index contributed by atoms with van der Waals surface area (Å²) in [6, 6.07) is 8.31. The van der Waals surface area contributed by atoms with Gasteiger partial charge in [0, 0.05) is 49.2 Å². The minimum absolute atomic E-state index is 0.0598. The summed E-state index contributed by atoms with van der Waals surface area (Å²) >= 11 is 0. The minimum atomic E-state index is -0.174. The van der Waals surface area contributed by atoms with Gasteiger partial charge in [0.15, 0.2) is 5.76 Å². The van der Waals surface area contributed by atoms with Gasteiger partial charge in [-0.3, -0.25) is 4.79 Å². The molecule has 0 spiro atoms. The van der Waals surface area contributed by atoms with Crippen LogP contribution in [0.25, 0.3) is 11.3 Å². The highest BCUT2D eigenvalue weighted by atomic mass is 16.4. The van der Waals surface area contributed by atoms with Gasteiger partial charge in [0.2, 0.25) is 0 Å². The number of carbonyl (C=O) groups excluding carboxylic acids is 1. The van der Waals surface area contributed by atoms with Crippen LogP contribution in [0.4, 0.5) is 0 Å². The monoisotopic (exact) mass is 447 g/mol. The van der Waals surface area contributed by atoms with Crippen molar-refractivity contribution in [3.8, 4) is 17.4 Å². The van der Waals surface area contributed by atoms with Crippen LogP contribution in [0.5, 0.6) is 0 Å². The van der Waals surface area contributed by atoms with E-state index in [9.17, 15) is 10.1 Å². The van der Waals surface area contributed by atoms with E-state index < -0.39 is 0 Å². The van der Waals surface area contributed by atoms with E-state index >= 15 is 0 Å². The van der Waals surface area contributed by atoms with Gasteiger partial charge in [-0.15, -0.1) is 0 Å². The van der Waals surface area contributed by atoms with E-state index in [1.165, 1.54) is 6.20 Å². The largest absolute Gasteiger partial charge is 0.432 e. The molecule has 0 bridgehead atoms. The fraction of sp³-hybridized carbons (Fsp3) is 0.458. The van der Waals surface area contributed by atoms with Crippen LogP contribution in [0.1, 0.15) is 59.8 Å². The summed E-state index contributed by atoms with van der Waals surface area (Å²) in [7, 11) is 0. The number of nitrogens with one attached hydrogen (secondary N) is 1. The molecule has 2 saturated carbocycles. The van der Waals surface area contributed by atoms with Gasteiger partial charge in [0.25, 0.3) is 5.89 Å². The Hall–Kier alpha value is -3.35. The first-order valence-corrected chi connectivity index (χ1v) is 11.5. The molecule has 33 heavy (non-hydrogen) atoms. The second-order valence-electron chi connectivity index (χ2n) is 9.19. The van der Waals surface area contributed by atoms with Crippen molar-refractivity contribution < 1.29 is 9.21 Å². The molecule has 5 rings (SSSR count). The number of hydrazine groups is 1. The molecule has 1 aromatic carbocycles. The predicted molar refractivity (Wildman–Crippen MR) is 122 cm³/mol. The van der Waals surface area contributed by atoms with Crippen molar-refractivity contribution in [3.63, 3.8) is 0 Å². The van der Waals surface area contributed by atoms with E-state index in [2.05, 4.69) is 16.4 Å². The Morgan fingerprint density at radius 1 is 1.30 bits per heavy atom. The number of nitriles is 1. The first-order valence-electron chi connectivity index (χ1n) is 11.5. The van der Waals surface area contributed by atoms with Gasteiger partial charge >= 0.3 is 5.91 Å². The summed E-state index contributed by atoms with van der Waals surface area (Å²) in [4.78, 5) is 19.8. The normalized spacial score (nSPS) is 22.4. The number of amides is 1. The van der Waals surface area contributed by atoms with Gasteiger partial charge in [0.1, 0.15) is 0 Å². The highest BCUT2D eigenvalue weighted by Gasteiger charge is 2.42. The Kier molecular flexibility index (Phi) is 5.79. The number of aromatic nitrogens is 1. The molecule has 2 atom stereocenters. The van der Waals surface area contributed by atoms with Crippen LogP contribution in [0.15, 0.2) is 41.2 Å². The summed E-state index contributed by atoms with van der Waals surface area (Å²) in [6.45, 7) is 1.32. The van der Waals surface area contributed by atoms with Crippen molar-refractivity contribution in [2.75, 3.05) is 13.1 Å². The van der Waals surface area contributed by atoms with Crippen LogP contribution < -0.4 is 16.9 Å². The average molecular weight is 448 g/mol. The summed E-state index contributed by atoms with van der Waals surface area (Å²) in [5, 5.41) is 14.3. The lowest BCUT2D eigenvalue weighted by Gasteiger charge is -2.27. The first kappa shape index (κ1) is 21.5. The smallest absolute Gasteiger partial charge is 0.310 e. The lowest BCUT2D eigenvalue weighted by atomic mass is 9.99. The lowest BCUT2D eigenvalue weighted by molar-refractivity contribution is 0.0632. The Bertz CT molecular complexity index is 1100. The van der Waals surface area contributed by atoms with Crippen molar-refractivity contribution in [1.82, 2.24) is 20.2 Å². The Labute approximate surface area is 193 Å². The molecule has 2 aromatic rings. The third-order valence-corrected chi connectivity index (χ3v) is 6.63. The zero-order valence-corrected chi connectivity index (χ0v) is 18.5. The molecule has 9 nitrogen and oxygen atoms in total. The van der Waals surface area contributed by atoms with Crippen LogP contribution in [0.3, 0.4) is 0 Å². The molecule has 2 aliphatic carbocycles. The van der Waals surface area contributed by atoms with Gasteiger partial charge < -0.3 is 25.4 Å². The van der Waals surface area contributed by atoms with Gasteiger partial charge in [-0.2, -0.15) is 5.26 Å². The van der Waals surface area contributed by atoms with Crippen LogP contribution >= 0.6 is 0 Å². The van der Waals surface area contributed by atoms with Crippen molar-refractivity contribution >= 4 is 5.91 Å². The third-order valence-electron chi connectivity index (χ3n) is 6.63. The molecule has 1 amide bonds. The summed E-state index contributed by atoms with van der Waals surface area (Å²) in [5.74, 6) is 6.89. The highest BCUT2D eigenvalue weighted by molar-refractivity contribution is 5.91. The summed E-state index contributed by atoms with van der Waals surface area (Å²) < 4.78 is 6.01. The predicted octanol–water partition coefficient (Wildman–Crippen LogP) is 2.03. The summed E-state index contributed by atoms with van der Waals surface area (Å²) in [6.07, 6.45) is 9.71. The molecule has 9 heteroatoms. The summed E-state index contributed by atoms with van der Waals surface area (Å²) in [5.41, 5.74) is 8.00. The van der Waals surface area contributed by atoms with E-state index in [0.29, 0.717) is 30.3 Å². The topological polar surface area (TPSA) is 137 Å². The molecule has 3 fully saturated rings. The number of hydrogen-bond donors (Lipinski definition) is 3. The SMILES string of the molecule is N#Cc1ccc(C2CC2)c(-c2cnc(C(=O)N(C3CC3)C3CN[C@H](CN(N)/C=C\N)C3)o2)c1. The molecule has 1 aliphatic heterocycles.